The van der Waals surface area contributed by atoms with E-state index in [0.29, 0.717) is 18.9 Å². The molecule has 0 aliphatic carbocycles. The van der Waals surface area contributed by atoms with Crippen LogP contribution in [0.25, 0.3) is 10.9 Å². The monoisotopic (exact) mass is 348 g/mol. The maximum atomic E-state index is 12.2. The van der Waals surface area contributed by atoms with Crippen molar-refractivity contribution in [3.05, 3.63) is 78.0 Å². The van der Waals surface area contributed by atoms with Gasteiger partial charge in [-0.05, 0) is 23.6 Å². The number of amides is 1. The number of pyridine rings is 1. The van der Waals surface area contributed by atoms with Crippen molar-refractivity contribution < 1.29 is 9.53 Å². The van der Waals surface area contributed by atoms with E-state index in [1.54, 1.807) is 0 Å². The van der Waals surface area contributed by atoms with E-state index in [1.807, 2.05) is 74.5 Å². The van der Waals surface area contributed by atoms with Crippen LogP contribution in [0.3, 0.4) is 0 Å². The molecule has 1 atom stereocenters. The summed E-state index contributed by atoms with van der Waals surface area (Å²) in [7, 11) is 0. The van der Waals surface area contributed by atoms with E-state index < -0.39 is 6.09 Å². The number of aromatic nitrogens is 1. The molecule has 1 aromatic heterocycles. The zero-order valence-electron chi connectivity index (χ0n) is 15.2. The van der Waals surface area contributed by atoms with Gasteiger partial charge in [0.2, 0.25) is 0 Å². The number of nitrogens with zero attached hydrogens (tertiary/aromatic N) is 1. The fourth-order valence-corrected chi connectivity index (χ4v) is 2.79. The Morgan fingerprint density at radius 3 is 2.50 bits per heavy atom. The fourth-order valence-electron chi connectivity index (χ4n) is 2.79. The van der Waals surface area contributed by atoms with Crippen LogP contribution in [-0.2, 0) is 11.2 Å². The average molecular weight is 348 g/mol. The third-order valence-corrected chi connectivity index (χ3v) is 4.11. The van der Waals surface area contributed by atoms with Crippen molar-refractivity contribution in [1.29, 1.82) is 0 Å². The van der Waals surface area contributed by atoms with Gasteiger partial charge in [-0.15, -0.1) is 0 Å². The number of hydrogen-bond acceptors (Lipinski definition) is 3. The molecule has 2 aromatic carbocycles. The minimum Gasteiger partial charge on any atom is -0.449 e. The molecule has 3 rings (SSSR count). The molecule has 0 spiro atoms. The van der Waals surface area contributed by atoms with E-state index in [4.69, 9.17) is 9.72 Å². The summed E-state index contributed by atoms with van der Waals surface area (Å²) in [6, 6.07) is 21.8. The van der Waals surface area contributed by atoms with Crippen molar-refractivity contribution in [1.82, 2.24) is 10.3 Å². The molecule has 0 saturated carbocycles. The molecule has 0 aliphatic rings. The molecule has 0 radical (unpaired) electrons. The molecule has 4 nitrogen and oxygen atoms in total. The van der Waals surface area contributed by atoms with E-state index in [2.05, 4.69) is 11.4 Å². The van der Waals surface area contributed by atoms with Crippen LogP contribution in [-0.4, -0.2) is 17.7 Å². The van der Waals surface area contributed by atoms with Gasteiger partial charge in [-0.1, -0.05) is 68.4 Å². The molecular weight excluding hydrogens is 324 g/mol. The van der Waals surface area contributed by atoms with Gasteiger partial charge in [-0.3, -0.25) is 4.98 Å². The normalized spacial score (nSPS) is 12.1. The van der Waals surface area contributed by atoms with Crippen molar-refractivity contribution in [3.8, 4) is 0 Å². The van der Waals surface area contributed by atoms with Crippen LogP contribution in [0.2, 0.25) is 0 Å². The summed E-state index contributed by atoms with van der Waals surface area (Å²) >= 11 is 0. The molecule has 1 N–H and O–H groups in total. The van der Waals surface area contributed by atoms with Gasteiger partial charge in [-0.25, -0.2) is 4.79 Å². The average Bonchev–Trinajstić information content (AvgIpc) is 2.66. The standard InChI is InChI=1S/C22H24N2O2/c1-16(2)15-26-22(25)24-21(17-8-4-3-5-9-17)14-19-13-12-18-10-6-7-11-20(18)23-19/h3-13,16,21H,14-15H2,1-2H3,(H,24,25)/t21-/m1/s1. The fraction of sp³-hybridized carbons (Fsp3) is 0.273. The Balaban J connectivity index is 1.79. The highest BCUT2D eigenvalue weighted by Gasteiger charge is 2.17. The Morgan fingerprint density at radius 1 is 1.00 bits per heavy atom. The number of ether oxygens (including phenoxy) is 1. The lowest BCUT2D eigenvalue weighted by Crippen LogP contribution is -2.31. The summed E-state index contributed by atoms with van der Waals surface area (Å²) in [5.41, 5.74) is 2.92. The Labute approximate surface area is 154 Å². The van der Waals surface area contributed by atoms with E-state index in [0.717, 1.165) is 22.2 Å². The number of rotatable bonds is 6. The highest BCUT2D eigenvalue weighted by atomic mass is 16.5. The molecule has 0 bridgehead atoms. The molecule has 0 fully saturated rings. The van der Waals surface area contributed by atoms with E-state index in [-0.39, 0.29) is 6.04 Å². The number of para-hydroxylation sites is 1. The third kappa shape index (κ3) is 4.82. The van der Waals surface area contributed by atoms with Crippen molar-refractivity contribution in [2.45, 2.75) is 26.3 Å². The molecule has 134 valence electrons. The van der Waals surface area contributed by atoms with Crippen LogP contribution >= 0.6 is 0 Å². The molecule has 3 aromatic rings. The first-order valence-corrected chi connectivity index (χ1v) is 8.94. The molecule has 0 saturated heterocycles. The van der Waals surface area contributed by atoms with Gasteiger partial charge in [0.15, 0.2) is 0 Å². The molecule has 0 aliphatic heterocycles. The maximum Gasteiger partial charge on any atom is 0.407 e. The van der Waals surface area contributed by atoms with Crippen molar-refractivity contribution in [3.63, 3.8) is 0 Å². The number of hydrogen-bond donors (Lipinski definition) is 1. The number of benzene rings is 2. The second-order valence-corrected chi connectivity index (χ2v) is 6.80. The van der Waals surface area contributed by atoms with Gasteiger partial charge in [0.25, 0.3) is 0 Å². The number of carbonyl (C=O) groups is 1. The summed E-state index contributed by atoms with van der Waals surface area (Å²) < 4.78 is 5.29. The first kappa shape index (κ1) is 17.9. The quantitative estimate of drug-likeness (QED) is 0.689. The van der Waals surface area contributed by atoms with E-state index >= 15 is 0 Å². The SMILES string of the molecule is CC(C)COC(=O)N[C@H](Cc1ccc2ccccc2n1)c1ccccc1. The summed E-state index contributed by atoms with van der Waals surface area (Å²) in [5, 5.41) is 4.09. The first-order chi connectivity index (χ1) is 12.6. The van der Waals surface area contributed by atoms with Gasteiger partial charge < -0.3 is 10.1 Å². The summed E-state index contributed by atoms with van der Waals surface area (Å²) in [5.74, 6) is 0.304. The summed E-state index contributed by atoms with van der Waals surface area (Å²) in [6.07, 6.45) is 0.208. The van der Waals surface area contributed by atoms with Crippen molar-refractivity contribution in [2.24, 2.45) is 5.92 Å². The minimum atomic E-state index is -0.395. The highest BCUT2D eigenvalue weighted by molar-refractivity contribution is 5.78. The largest absolute Gasteiger partial charge is 0.449 e. The zero-order valence-corrected chi connectivity index (χ0v) is 15.2. The van der Waals surface area contributed by atoms with Crippen molar-refractivity contribution in [2.75, 3.05) is 6.61 Å². The molecule has 4 heteroatoms. The Hall–Kier alpha value is -2.88. The lowest BCUT2D eigenvalue weighted by Gasteiger charge is -2.19. The maximum absolute atomic E-state index is 12.2. The van der Waals surface area contributed by atoms with Crippen LogP contribution in [0.1, 0.15) is 31.1 Å². The molecular formula is C22H24N2O2. The first-order valence-electron chi connectivity index (χ1n) is 8.94. The number of nitrogens with one attached hydrogen (secondary N) is 1. The van der Waals surface area contributed by atoms with Crippen LogP contribution in [0.5, 0.6) is 0 Å². The summed E-state index contributed by atoms with van der Waals surface area (Å²) in [4.78, 5) is 16.9. The second-order valence-electron chi connectivity index (χ2n) is 6.80. The van der Waals surface area contributed by atoms with Gasteiger partial charge >= 0.3 is 6.09 Å². The third-order valence-electron chi connectivity index (χ3n) is 4.11. The number of alkyl carbamates (subject to hydrolysis) is 1. The molecule has 1 amide bonds. The van der Waals surface area contributed by atoms with Crippen LogP contribution < -0.4 is 5.32 Å². The summed E-state index contributed by atoms with van der Waals surface area (Å²) in [6.45, 7) is 4.43. The minimum absolute atomic E-state index is 0.190. The van der Waals surface area contributed by atoms with Gasteiger partial charge in [0.05, 0.1) is 18.2 Å². The number of fused-ring (bicyclic) bond motifs is 1. The highest BCUT2D eigenvalue weighted by Crippen LogP contribution is 2.20. The van der Waals surface area contributed by atoms with Crippen LogP contribution in [0, 0.1) is 5.92 Å². The predicted molar refractivity (Wildman–Crippen MR) is 104 cm³/mol. The smallest absolute Gasteiger partial charge is 0.407 e. The van der Waals surface area contributed by atoms with Gasteiger partial charge in [0.1, 0.15) is 0 Å². The van der Waals surface area contributed by atoms with Crippen LogP contribution in [0.15, 0.2) is 66.7 Å². The molecule has 26 heavy (non-hydrogen) atoms. The van der Waals surface area contributed by atoms with E-state index in [1.165, 1.54) is 0 Å². The van der Waals surface area contributed by atoms with Crippen LogP contribution in [0.4, 0.5) is 4.79 Å². The Kier molecular flexibility index (Phi) is 5.84. The topological polar surface area (TPSA) is 51.2 Å². The Morgan fingerprint density at radius 2 is 1.73 bits per heavy atom. The molecule has 0 unspecified atom stereocenters. The Bertz CT molecular complexity index is 862. The number of carbonyl (C=O) groups excluding carboxylic acids is 1. The lowest BCUT2D eigenvalue weighted by atomic mass is 10.0. The predicted octanol–water partition coefficient (Wildman–Crippen LogP) is 4.90. The zero-order chi connectivity index (χ0) is 18.4. The van der Waals surface area contributed by atoms with Gasteiger partial charge in [0, 0.05) is 17.5 Å². The lowest BCUT2D eigenvalue weighted by molar-refractivity contribution is 0.129. The molecule has 1 heterocycles. The second kappa shape index (κ2) is 8.48. The van der Waals surface area contributed by atoms with E-state index in [9.17, 15) is 4.79 Å². The van der Waals surface area contributed by atoms with Crippen molar-refractivity contribution >= 4 is 17.0 Å². The van der Waals surface area contributed by atoms with Gasteiger partial charge in [-0.2, -0.15) is 0 Å².